The molecule has 1 aromatic rings. The Morgan fingerprint density at radius 2 is 2.17 bits per heavy atom. The van der Waals surface area contributed by atoms with Crippen LogP contribution in [0.2, 0.25) is 0 Å². The maximum atomic E-state index is 5.76. The lowest BCUT2D eigenvalue weighted by molar-refractivity contribution is 0.414. The lowest BCUT2D eigenvalue weighted by Crippen LogP contribution is -2.06. The zero-order chi connectivity index (χ0) is 9.14. The largest absolute Gasteiger partial charge is 0.497 e. The number of nitrogens with two attached hydrogens (primary N) is 1. The Hall–Kier alpha value is -0.290. The van der Waals surface area contributed by atoms with Crippen molar-refractivity contribution in [3.63, 3.8) is 0 Å². The lowest BCUT2D eigenvalue weighted by atomic mass is 10.1. The summed E-state index contributed by atoms with van der Waals surface area (Å²) in [5, 5.41) is 0. The molecule has 0 unspecified atom stereocenters. The second-order valence-corrected chi connectivity index (χ2v) is 3.84. The van der Waals surface area contributed by atoms with Gasteiger partial charge in [-0.15, -0.1) is 0 Å². The molecule has 1 aromatic carbocycles. The Morgan fingerprint density at radius 1 is 1.50 bits per heavy atom. The van der Waals surface area contributed by atoms with E-state index in [1.54, 1.807) is 7.11 Å². The third-order valence-electron chi connectivity index (χ3n) is 1.70. The summed E-state index contributed by atoms with van der Waals surface area (Å²) in [6.07, 6.45) is 0. The van der Waals surface area contributed by atoms with Gasteiger partial charge >= 0.3 is 0 Å². The van der Waals surface area contributed by atoms with Gasteiger partial charge in [-0.2, -0.15) is 0 Å². The standard InChI is InChI=1S/C9H12INO/c1-6(11)8-4-3-7(12-2)5-9(8)10/h3-6H,11H2,1-2H3/t6-/m0/s1. The molecule has 12 heavy (non-hydrogen) atoms. The van der Waals surface area contributed by atoms with Crippen LogP contribution in [0.15, 0.2) is 18.2 Å². The minimum Gasteiger partial charge on any atom is -0.497 e. The first-order valence-corrected chi connectivity index (χ1v) is 4.82. The van der Waals surface area contributed by atoms with E-state index in [1.807, 2.05) is 25.1 Å². The van der Waals surface area contributed by atoms with E-state index in [1.165, 1.54) is 0 Å². The summed E-state index contributed by atoms with van der Waals surface area (Å²) in [5.41, 5.74) is 6.92. The van der Waals surface area contributed by atoms with Crippen molar-refractivity contribution in [1.82, 2.24) is 0 Å². The highest BCUT2D eigenvalue weighted by molar-refractivity contribution is 14.1. The highest BCUT2D eigenvalue weighted by Crippen LogP contribution is 2.22. The molecular weight excluding hydrogens is 265 g/mol. The molecule has 0 amide bonds. The third kappa shape index (κ3) is 2.10. The molecule has 0 aliphatic carbocycles. The molecule has 1 rings (SSSR count). The van der Waals surface area contributed by atoms with Crippen LogP contribution < -0.4 is 10.5 Å². The number of halogens is 1. The Bertz CT molecular complexity index is 273. The second-order valence-electron chi connectivity index (χ2n) is 2.68. The molecule has 0 saturated carbocycles. The maximum absolute atomic E-state index is 5.76. The Balaban J connectivity index is 3.03. The zero-order valence-electron chi connectivity index (χ0n) is 7.17. The van der Waals surface area contributed by atoms with Crippen molar-refractivity contribution in [2.75, 3.05) is 7.11 Å². The second kappa shape index (κ2) is 4.09. The van der Waals surface area contributed by atoms with E-state index in [0.717, 1.165) is 14.9 Å². The van der Waals surface area contributed by atoms with Crippen molar-refractivity contribution in [1.29, 1.82) is 0 Å². The fourth-order valence-electron chi connectivity index (χ4n) is 1.00. The van der Waals surface area contributed by atoms with Gasteiger partial charge in [0.05, 0.1) is 7.11 Å². The number of rotatable bonds is 2. The highest BCUT2D eigenvalue weighted by Gasteiger charge is 2.04. The number of ether oxygens (including phenoxy) is 1. The van der Waals surface area contributed by atoms with Crippen LogP contribution in [0.1, 0.15) is 18.5 Å². The topological polar surface area (TPSA) is 35.2 Å². The first-order chi connectivity index (χ1) is 5.65. The number of hydrogen-bond donors (Lipinski definition) is 1. The molecule has 0 radical (unpaired) electrons. The molecule has 2 N–H and O–H groups in total. The van der Waals surface area contributed by atoms with E-state index in [4.69, 9.17) is 10.5 Å². The number of methoxy groups -OCH3 is 1. The van der Waals surface area contributed by atoms with Gasteiger partial charge in [-0.1, -0.05) is 6.07 Å². The van der Waals surface area contributed by atoms with E-state index < -0.39 is 0 Å². The Morgan fingerprint density at radius 3 is 2.58 bits per heavy atom. The molecule has 66 valence electrons. The molecule has 1 atom stereocenters. The van der Waals surface area contributed by atoms with Crippen LogP contribution in [0, 0.1) is 3.57 Å². The van der Waals surface area contributed by atoms with Gasteiger partial charge in [0.2, 0.25) is 0 Å². The summed E-state index contributed by atoms with van der Waals surface area (Å²) in [5.74, 6) is 0.879. The first-order valence-electron chi connectivity index (χ1n) is 3.74. The summed E-state index contributed by atoms with van der Waals surface area (Å²) >= 11 is 2.26. The average Bonchev–Trinajstić information content (AvgIpc) is 2.03. The molecule has 0 aliphatic heterocycles. The summed E-state index contributed by atoms with van der Waals surface area (Å²) in [6.45, 7) is 1.98. The molecule has 0 spiro atoms. The van der Waals surface area contributed by atoms with Crippen LogP contribution in [-0.2, 0) is 0 Å². The van der Waals surface area contributed by atoms with Crippen molar-refractivity contribution < 1.29 is 4.74 Å². The average molecular weight is 277 g/mol. The van der Waals surface area contributed by atoms with Crippen LogP contribution in [0.4, 0.5) is 0 Å². The maximum Gasteiger partial charge on any atom is 0.119 e. The number of benzene rings is 1. The van der Waals surface area contributed by atoms with Crippen LogP contribution >= 0.6 is 22.6 Å². The van der Waals surface area contributed by atoms with Crippen molar-refractivity contribution in [3.8, 4) is 5.75 Å². The van der Waals surface area contributed by atoms with Gasteiger partial charge in [-0.25, -0.2) is 0 Å². The van der Waals surface area contributed by atoms with Crippen LogP contribution in [-0.4, -0.2) is 7.11 Å². The molecule has 2 nitrogen and oxygen atoms in total. The molecular formula is C9H12INO. The molecule has 0 bridgehead atoms. The van der Waals surface area contributed by atoms with Gasteiger partial charge in [-0.3, -0.25) is 0 Å². The van der Waals surface area contributed by atoms with E-state index in [9.17, 15) is 0 Å². The number of hydrogen-bond acceptors (Lipinski definition) is 2. The van der Waals surface area contributed by atoms with Gasteiger partial charge in [0.25, 0.3) is 0 Å². The summed E-state index contributed by atoms with van der Waals surface area (Å²) < 4.78 is 6.24. The lowest BCUT2D eigenvalue weighted by Gasteiger charge is -2.09. The van der Waals surface area contributed by atoms with Gasteiger partial charge in [0.15, 0.2) is 0 Å². The van der Waals surface area contributed by atoms with Crippen molar-refractivity contribution in [2.45, 2.75) is 13.0 Å². The van der Waals surface area contributed by atoms with Crippen LogP contribution in [0.3, 0.4) is 0 Å². The normalized spacial score (nSPS) is 12.7. The van der Waals surface area contributed by atoms with E-state index >= 15 is 0 Å². The van der Waals surface area contributed by atoms with Gasteiger partial charge in [0, 0.05) is 9.61 Å². The van der Waals surface area contributed by atoms with E-state index in [0.29, 0.717) is 0 Å². The zero-order valence-corrected chi connectivity index (χ0v) is 9.33. The van der Waals surface area contributed by atoms with Crippen LogP contribution in [0.25, 0.3) is 0 Å². The van der Waals surface area contributed by atoms with Gasteiger partial charge in [-0.05, 0) is 47.2 Å². The predicted molar refractivity (Wildman–Crippen MR) is 58.3 cm³/mol. The van der Waals surface area contributed by atoms with Crippen molar-refractivity contribution >= 4 is 22.6 Å². The molecule has 3 heteroatoms. The fraction of sp³-hybridized carbons (Fsp3) is 0.333. The molecule has 0 fully saturated rings. The summed E-state index contributed by atoms with van der Waals surface area (Å²) in [6, 6.07) is 6.01. The van der Waals surface area contributed by atoms with Crippen molar-refractivity contribution in [2.24, 2.45) is 5.73 Å². The summed E-state index contributed by atoms with van der Waals surface area (Å²) in [7, 11) is 1.66. The highest BCUT2D eigenvalue weighted by atomic mass is 127. The first kappa shape index (κ1) is 9.80. The van der Waals surface area contributed by atoms with Gasteiger partial charge in [0.1, 0.15) is 5.75 Å². The van der Waals surface area contributed by atoms with Crippen molar-refractivity contribution in [3.05, 3.63) is 27.3 Å². The van der Waals surface area contributed by atoms with Crippen LogP contribution in [0.5, 0.6) is 5.75 Å². The predicted octanol–water partition coefficient (Wildman–Crippen LogP) is 2.32. The van der Waals surface area contributed by atoms with Gasteiger partial charge < -0.3 is 10.5 Å². The van der Waals surface area contributed by atoms with E-state index in [-0.39, 0.29) is 6.04 Å². The minimum absolute atomic E-state index is 0.0859. The molecule has 0 aromatic heterocycles. The third-order valence-corrected chi connectivity index (χ3v) is 2.63. The SMILES string of the molecule is COc1ccc([C@H](C)N)c(I)c1. The quantitative estimate of drug-likeness (QED) is 0.842. The summed E-state index contributed by atoms with van der Waals surface area (Å²) in [4.78, 5) is 0. The molecule has 0 heterocycles. The minimum atomic E-state index is 0.0859. The smallest absolute Gasteiger partial charge is 0.119 e. The Labute approximate surface area is 86.2 Å². The fourth-order valence-corrected chi connectivity index (χ4v) is 1.98. The Kier molecular flexibility index (Phi) is 3.34. The molecule has 0 saturated heterocycles. The van der Waals surface area contributed by atoms with E-state index in [2.05, 4.69) is 22.6 Å². The molecule has 0 aliphatic rings. The monoisotopic (exact) mass is 277 g/mol.